The monoisotopic (exact) mass is 392 g/mol. The Morgan fingerprint density at radius 1 is 1.17 bits per heavy atom. The molecule has 5 heteroatoms. The van der Waals surface area contributed by atoms with Gasteiger partial charge < -0.3 is 15.0 Å². The zero-order valence-corrected chi connectivity index (χ0v) is 16.9. The molecule has 4 rings (SSSR count). The van der Waals surface area contributed by atoms with Gasteiger partial charge in [0, 0.05) is 24.9 Å². The van der Waals surface area contributed by atoms with Crippen LogP contribution >= 0.6 is 0 Å². The van der Waals surface area contributed by atoms with Crippen molar-refractivity contribution in [3.8, 4) is 16.9 Å². The van der Waals surface area contributed by atoms with E-state index in [1.807, 2.05) is 6.07 Å². The van der Waals surface area contributed by atoms with E-state index in [-0.39, 0.29) is 24.4 Å². The van der Waals surface area contributed by atoms with Crippen LogP contribution in [-0.4, -0.2) is 36.4 Å². The number of benzene rings is 2. The third-order valence-corrected chi connectivity index (χ3v) is 5.72. The summed E-state index contributed by atoms with van der Waals surface area (Å²) in [7, 11) is 0. The van der Waals surface area contributed by atoms with Gasteiger partial charge in [-0.1, -0.05) is 43.7 Å². The highest BCUT2D eigenvalue weighted by molar-refractivity contribution is 5.86. The number of likely N-dealkylation sites (tertiary alicyclic amines) is 1. The first-order valence-electron chi connectivity index (χ1n) is 10.6. The average Bonchev–Trinajstić information content (AvgIpc) is 3.13. The number of aryl methyl sites for hydroxylation is 1. The number of rotatable bonds is 6. The van der Waals surface area contributed by atoms with Crippen LogP contribution in [0.15, 0.2) is 42.5 Å². The average molecular weight is 392 g/mol. The van der Waals surface area contributed by atoms with Crippen molar-refractivity contribution in [2.75, 3.05) is 19.7 Å². The number of carbonyl (C=O) groups excluding carboxylic acids is 2. The van der Waals surface area contributed by atoms with Crippen molar-refractivity contribution >= 4 is 11.8 Å². The molecule has 2 amide bonds. The lowest BCUT2D eigenvalue weighted by molar-refractivity contribution is -0.133. The van der Waals surface area contributed by atoms with E-state index in [4.69, 9.17) is 4.74 Å². The molecule has 1 unspecified atom stereocenters. The molecule has 2 heterocycles. The standard InChI is InChI=1S/C24H28N2O3/c1-2-4-17-6-8-18(9-7-17)19-10-11-22-20(15-19)21(12-14-29-22)25-23(27)16-26-13-3-5-24(26)28/h6-11,15,21H,2-5,12-14,16H2,1H3,(H,25,27). The lowest BCUT2D eigenvalue weighted by Crippen LogP contribution is -2.40. The van der Waals surface area contributed by atoms with Gasteiger partial charge in [0.2, 0.25) is 11.8 Å². The quantitative estimate of drug-likeness (QED) is 0.812. The molecule has 2 aliphatic rings. The molecule has 0 saturated carbocycles. The molecule has 152 valence electrons. The summed E-state index contributed by atoms with van der Waals surface area (Å²) < 4.78 is 5.81. The Morgan fingerprint density at radius 2 is 1.97 bits per heavy atom. The number of hydrogen-bond acceptors (Lipinski definition) is 3. The maximum Gasteiger partial charge on any atom is 0.240 e. The summed E-state index contributed by atoms with van der Waals surface area (Å²) in [5.74, 6) is 0.791. The van der Waals surface area contributed by atoms with Crippen molar-refractivity contribution in [2.45, 2.75) is 45.1 Å². The normalized spacial score (nSPS) is 18.3. The number of nitrogens with zero attached hydrogens (tertiary/aromatic N) is 1. The second kappa shape index (κ2) is 8.68. The molecule has 1 atom stereocenters. The first-order chi connectivity index (χ1) is 14.1. The van der Waals surface area contributed by atoms with E-state index >= 15 is 0 Å². The van der Waals surface area contributed by atoms with Gasteiger partial charge in [-0.25, -0.2) is 0 Å². The summed E-state index contributed by atoms with van der Waals surface area (Å²) in [6.45, 7) is 3.58. The van der Waals surface area contributed by atoms with E-state index in [9.17, 15) is 9.59 Å². The molecule has 29 heavy (non-hydrogen) atoms. The van der Waals surface area contributed by atoms with Crippen molar-refractivity contribution < 1.29 is 14.3 Å². The van der Waals surface area contributed by atoms with Gasteiger partial charge in [0.15, 0.2) is 0 Å². The van der Waals surface area contributed by atoms with E-state index in [1.54, 1.807) is 4.90 Å². The summed E-state index contributed by atoms with van der Waals surface area (Å²) in [6.07, 6.45) is 4.35. The first kappa shape index (κ1) is 19.5. The second-order valence-electron chi connectivity index (χ2n) is 7.88. The van der Waals surface area contributed by atoms with Crippen molar-refractivity contribution in [1.82, 2.24) is 10.2 Å². The lowest BCUT2D eigenvalue weighted by Gasteiger charge is -2.28. The molecule has 0 bridgehead atoms. The Labute approximate surface area is 172 Å². The number of carbonyl (C=O) groups is 2. The highest BCUT2D eigenvalue weighted by Crippen LogP contribution is 2.35. The van der Waals surface area contributed by atoms with Gasteiger partial charge >= 0.3 is 0 Å². The topological polar surface area (TPSA) is 58.6 Å². The minimum atomic E-state index is -0.104. The molecule has 5 nitrogen and oxygen atoms in total. The molecule has 1 fully saturated rings. The molecular weight excluding hydrogens is 364 g/mol. The van der Waals surface area contributed by atoms with Gasteiger partial charge in [-0.2, -0.15) is 0 Å². The highest BCUT2D eigenvalue weighted by Gasteiger charge is 2.27. The highest BCUT2D eigenvalue weighted by atomic mass is 16.5. The van der Waals surface area contributed by atoms with Crippen LogP contribution < -0.4 is 10.1 Å². The Hall–Kier alpha value is -2.82. The smallest absolute Gasteiger partial charge is 0.240 e. The zero-order valence-electron chi connectivity index (χ0n) is 16.9. The number of ether oxygens (including phenoxy) is 1. The SMILES string of the molecule is CCCc1ccc(-c2ccc3c(c2)C(NC(=O)CN2CCCC2=O)CCO3)cc1. The van der Waals surface area contributed by atoms with Crippen LogP contribution in [0.3, 0.4) is 0 Å². The van der Waals surface area contributed by atoms with Crippen molar-refractivity contribution in [3.05, 3.63) is 53.6 Å². The second-order valence-corrected chi connectivity index (χ2v) is 7.88. The van der Waals surface area contributed by atoms with Gasteiger partial charge in [-0.15, -0.1) is 0 Å². The van der Waals surface area contributed by atoms with Gasteiger partial charge in [-0.3, -0.25) is 9.59 Å². The first-order valence-corrected chi connectivity index (χ1v) is 10.6. The number of fused-ring (bicyclic) bond motifs is 1. The Kier molecular flexibility index (Phi) is 5.84. The molecule has 0 spiro atoms. The van der Waals surface area contributed by atoms with Crippen molar-refractivity contribution in [3.63, 3.8) is 0 Å². The molecule has 0 aromatic heterocycles. The maximum absolute atomic E-state index is 12.5. The summed E-state index contributed by atoms with van der Waals surface area (Å²) in [5, 5.41) is 3.11. The number of amides is 2. The van der Waals surface area contributed by atoms with E-state index in [1.165, 1.54) is 5.56 Å². The molecule has 1 saturated heterocycles. The van der Waals surface area contributed by atoms with Crippen LogP contribution in [0.1, 0.15) is 49.8 Å². The largest absolute Gasteiger partial charge is 0.493 e. The van der Waals surface area contributed by atoms with E-state index in [2.05, 4.69) is 48.6 Å². The third kappa shape index (κ3) is 4.44. The fraction of sp³-hybridized carbons (Fsp3) is 0.417. The fourth-order valence-corrected chi connectivity index (χ4v) is 4.16. The maximum atomic E-state index is 12.5. The lowest BCUT2D eigenvalue weighted by atomic mass is 9.95. The molecule has 0 aliphatic carbocycles. The summed E-state index contributed by atoms with van der Waals surface area (Å²) in [6, 6.07) is 14.8. The predicted octanol–water partition coefficient (Wildman–Crippen LogP) is 3.87. The fourth-order valence-electron chi connectivity index (χ4n) is 4.16. The Balaban J connectivity index is 1.50. The number of hydrogen-bond donors (Lipinski definition) is 1. The minimum Gasteiger partial charge on any atom is -0.493 e. The zero-order chi connectivity index (χ0) is 20.2. The number of nitrogens with one attached hydrogen (secondary N) is 1. The van der Waals surface area contributed by atoms with Gasteiger partial charge in [0.25, 0.3) is 0 Å². The van der Waals surface area contributed by atoms with Crippen LogP contribution in [0.5, 0.6) is 5.75 Å². The predicted molar refractivity (Wildman–Crippen MR) is 113 cm³/mol. The molecule has 2 aliphatic heterocycles. The van der Waals surface area contributed by atoms with Gasteiger partial charge in [0.1, 0.15) is 5.75 Å². The van der Waals surface area contributed by atoms with Crippen LogP contribution in [0, 0.1) is 0 Å². The molecular formula is C24H28N2O3. The summed E-state index contributed by atoms with van der Waals surface area (Å²) in [4.78, 5) is 26.0. The summed E-state index contributed by atoms with van der Waals surface area (Å²) >= 11 is 0. The van der Waals surface area contributed by atoms with Gasteiger partial charge in [-0.05, 0) is 41.7 Å². The van der Waals surface area contributed by atoms with Crippen LogP contribution in [-0.2, 0) is 16.0 Å². The Bertz CT molecular complexity index is 891. The molecule has 1 N–H and O–H groups in total. The Morgan fingerprint density at radius 3 is 2.69 bits per heavy atom. The van der Waals surface area contributed by atoms with Crippen LogP contribution in [0.2, 0.25) is 0 Å². The van der Waals surface area contributed by atoms with Crippen LogP contribution in [0.4, 0.5) is 0 Å². The van der Waals surface area contributed by atoms with Crippen molar-refractivity contribution in [2.24, 2.45) is 0 Å². The van der Waals surface area contributed by atoms with E-state index in [0.29, 0.717) is 19.6 Å². The van der Waals surface area contributed by atoms with Crippen LogP contribution in [0.25, 0.3) is 11.1 Å². The van der Waals surface area contributed by atoms with Gasteiger partial charge in [0.05, 0.1) is 19.2 Å². The summed E-state index contributed by atoms with van der Waals surface area (Å²) in [5.41, 5.74) is 4.63. The molecule has 0 radical (unpaired) electrons. The van der Waals surface area contributed by atoms with Crippen molar-refractivity contribution in [1.29, 1.82) is 0 Å². The van der Waals surface area contributed by atoms with E-state index < -0.39 is 0 Å². The molecule has 2 aromatic carbocycles. The third-order valence-electron chi connectivity index (χ3n) is 5.72. The minimum absolute atomic E-state index is 0.0707. The van der Waals surface area contributed by atoms with E-state index in [0.717, 1.165) is 48.1 Å². The molecule has 2 aromatic rings.